The summed E-state index contributed by atoms with van der Waals surface area (Å²) in [5.74, 6) is -0.176. The average molecular weight is 431 g/mol. The second kappa shape index (κ2) is 8.68. The highest BCUT2D eigenvalue weighted by molar-refractivity contribution is 7.89. The molecule has 0 atom stereocenters. The summed E-state index contributed by atoms with van der Waals surface area (Å²) in [6, 6.07) is 10.5. The number of fused-ring (bicyclic) bond motifs is 1. The van der Waals surface area contributed by atoms with Crippen LogP contribution in [0.25, 0.3) is 11.0 Å². The highest BCUT2D eigenvalue weighted by Gasteiger charge is 2.19. The summed E-state index contributed by atoms with van der Waals surface area (Å²) in [7, 11) is -2.22. The molecular formula is C21H21NO7S. The molecule has 0 amide bonds. The Morgan fingerprint density at radius 3 is 2.60 bits per heavy atom. The molecule has 0 fully saturated rings. The standard InChI is InChI=1S/C21H21NO7S/c1-4-22-30(25,26)16-7-5-13(2)18(11-16)21(24)28-12-14-9-20(23)29-19-10-15(27-3)6-8-17(14)19/h5-11,22H,4,12H2,1-3H3. The molecule has 30 heavy (non-hydrogen) atoms. The van der Waals surface area contributed by atoms with Gasteiger partial charge in [0, 0.05) is 29.6 Å². The smallest absolute Gasteiger partial charge is 0.338 e. The zero-order valence-corrected chi connectivity index (χ0v) is 17.5. The zero-order chi connectivity index (χ0) is 21.9. The number of ether oxygens (including phenoxy) is 2. The minimum atomic E-state index is -3.71. The minimum Gasteiger partial charge on any atom is -0.497 e. The van der Waals surface area contributed by atoms with E-state index in [4.69, 9.17) is 13.9 Å². The fraction of sp³-hybridized carbons (Fsp3) is 0.238. The first-order chi connectivity index (χ1) is 14.2. The van der Waals surface area contributed by atoms with Gasteiger partial charge in [-0.25, -0.2) is 22.7 Å². The van der Waals surface area contributed by atoms with Crippen molar-refractivity contribution in [1.29, 1.82) is 0 Å². The highest BCUT2D eigenvalue weighted by Crippen LogP contribution is 2.24. The molecule has 1 N–H and O–H groups in total. The lowest BCUT2D eigenvalue weighted by molar-refractivity contribution is 0.0472. The number of hydrogen-bond acceptors (Lipinski definition) is 7. The topological polar surface area (TPSA) is 112 Å². The van der Waals surface area contributed by atoms with E-state index in [9.17, 15) is 18.0 Å². The molecule has 1 aromatic heterocycles. The average Bonchev–Trinajstić information content (AvgIpc) is 2.71. The Balaban J connectivity index is 1.88. The van der Waals surface area contributed by atoms with Crippen molar-refractivity contribution in [2.75, 3.05) is 13.7 Å². The monoisotopic (exact) mass is 431 g/mol. The third-order valence-electron chi connectivity index (χ3n) is 4.47. The summed E-state index contributed by atoms with van der Waals surface area (Å²) in [5, 5.41) is 0.600. The van der Waals surface area contributed by atoms with Gasteiger partial charge in [0.25, 0.3) is 0 Å². The van der Waals surface area contributed by atoms with Crippen LogP contribution in [0.15, 0.2) is 56.6 Å². The number of methoxy groups -OCH3 is 1. The van der Waals surface area contributed by atoms with Crippen molar-refractivity contribution in [2.45, 2.75) is 25.3 Å². The number of sulfonamides is 1. The van der Waals surface area contributed by atoms with Gasteiger partial charge in [-0.2, -0.15) is 0 Å². The fourth-order valence-corrected chi connectivity index (χ4v) is 4.01. The quantitative estimate of drug-likeness (QED) is 0.452. The third-order valence-corrected chi connectivity index (χ3v) is 6.01. The van der Waals surface area contributed by atoms with Crippen LogP contribution in [-0.2, 0) is 21.4 Å². The van der Waals surface area contributed by atoms with Gasteiger partial charge < -0.3 is 13.9 Å². The van der Waals surface area contributed by atoms with Crippen molar-refractivity contribution in [3.63, 3.8) is 0 Å². The van der Waals surface area contributed by atoms with Gasteiger partial charge in [0.15, 0.2) is 0 Å². The van der Waals surface area contributed by atoms with Crippen LogP contribution in [-0.4, -0.2) is 28.0 Å². The second-order valence-corrected chi connectivity index (χ2v) is 8.27. The Morgan fingerprint density at radius 1 is 1.13 bits per heavy atom. The Bertz CT molecular complexity index is 1260. The molecule has 2 aromatic carbocycles. The fourth-order valence-electron chi connectivity index (χ4n) is 2.94. The van der Waals surface area contributed by atoms with Crippen LogP contribution < -0.4 is 15.1 Å². The largest absolute Gasteiger partial charge is 0.497 e. The van der Waals surface area contributed by atoms with E-state index in [1.165, 1.54) is 25.3 Å². The van der Waals surface area contributed by atoms with Gasteiger partial charge in [-0.05, 0) is 36.8 Å². The number of aryl methyl sites for hydroxylation is 1. The highest BCUT2D eigenvalue weighted by atomic mass is 32.2. The Labute approximate surface area is 173 Å². The van der Waals surface area contributed by atoms with Crippen molar-refractivity contribution in [2.24, 2.45) is 0 Å². The third kappa shape index (κ3) is 4.52. The number of hydrogen-bond donors (Lipinski definition) is 1. The Kier molecular flexibility index (Phi) is 6.23. The summed E-state index contributed by atoms with van der Waals surface area (Å²) in [4.78, 5) is 24.5. The number of carbonyl (C=O) groups excluding carboxylic acids is 1. The van der Waals surface area contributed by atoms with Gasteiger partial charge in [0.1, 0.15) is 17.9 Å². The van der Waals surface area contributed by atoms with Gasteiger partial charge >= 0.3 is 11.6 Å². The molecule has 0 saturated carbocycles. The Morgan fingerprint density at radius 2 is 1.90 bits per heavy atom. The van der Waals surface area contributed by atoms with Gasteiger partial charge in [-0.15, -0.1) is 0 Å². The molecular weight excluding hydrogens is 410 g/mol. The van der Waals surface area contributed by atoms with Crippen LogP contribution in [0.1, 0.15) is 28.4 Å². The molecule has 0 aliphatic heterocycles. The molecule has 0 aliphatic rings. The molecule has 0 saturated heterocycles. The summed E-state index contributed by atoms with van der Waals surface area (Å²) in [6.07, 6.45) is 0. The molecule has 3 rings (SSSR count). The van der Waals surface area contributed by atoms with Crippen molar-refractivity contribution in [1.82, 2.24) is 4.72 Å². The van der Waals surface area contributed by atoms with E-state index in [-0.39, 0.29) is 23.6 Å². The summed E-state index contributed by atoms with van der Waals surface area (Å²) in [5.41, 5.74) is 0.881. The molecule has 1 heterocycles. The Hall–Kier alpha value is -3.17. The number of rotatable bonds is 7. The van der Waals surface area contributed by atoms with Gasteiger partial charge in [0.05, 0.1) is 17.6 Å². The molecule has 8 nitrogen and oxygen atoms in total. The lowest BCUT2D eigenvalue weighted by atomic mass is 10.1. The van der Waals surface area contributed by atoms with Crippen LogP contribution in [0, 0.1) is 6.92 Å². The van der Waals surface area contributed by atoms with E-state index in [0.717, 1.165) is 0 Å². The van der Waals surface area contributed by atoms with Crippen molar-refractivity contribution >= 4 is 27.0 Å². The maximum absolute atomic E-state index is 12.6. The number of benzene rings is 2. The summed E-state index contributed by atoms with van der Waals surface area (Å²) in [6.45, 7) is 3.39. The molecule has 0 spiro atoms. The van der Waals surface area contributed by atoms with Crippen LogP contribution >= 0.6 is 0 Å². The van der Waals surface area contributed by atoms with E-state index in [0.29, 0.717) is 27.8 Å². The molecule has 0 unspecified atom stereocenters. The van der Waals surface area contributed by atoms with Crippen molar-refractivity contribution < 1.29 is 27.1 Å². The molecule has 158 valence electrons. The second-order valence-electron chi connectivity index (χ2n) is 6.51. The van der Waals surface area contributed by atoms with Crippen molar-refractivity contribution in [3.8, 4) is 5.75 Å². The van der Waals surface area contributed by atoms with Crippen molar-refractivity contribution in [3.05, 3.63) is 69.6 Å². The number of nitrogens with one attached hydrogen (secondary N) is 1. The van der Waals surface area contributed by atoms with Gasteiger partial charge in [-0.3, -0.25) is 0 Å². The normalized spacial score (nSPS) is 11.4. The SMILES string of the molecule is CCNS(=O)(=O)c1ccc(C)c(C(=O)OCc2cc(=O)oc3cc(OC)ccc23)c1. The molecule has 3 aromatic rings. The maximum atomic E-state index is 12.6. The van der Waals surface area contributed by atoms with Gasteiger partial charge in [-0.1, -0.05) is 13.0 Å². The van der Waals surface area contributed by atoms with E-state index < -0.39 is 21.6 Å². The predicted octanol–water partition coefficient (Wildman–Crippen LogP) is 2.77. The van der Waals surface area contributed by atoms with E-state index >= 15 is 0 Å². The molecule has 0 radical (unpaired) electrons. The van der Waals surface area contributed by atoms with Crippen LogP contribution in [0.2, 0.25) is 0 Å². The van der Waals surface area contributed by atoms with Crippen LogP contribution in [0.5, 0.6) is 5.75 Å². The zero-order valence-electron chi connectivity index (χ0n) is 16.7. The minimum absolute atomic E-state index is 0.0280. The summed E-state index contributed by atoms with van der Waals surface area (Å²) >= 11 is 0. The van der Waals surface area contributed by atoms with Gasteiger partial charge in [0.2, 0.25) is 10.0 Å². The lowest BCUT2D eigenvalue weighted by Gasteiger charge is -2.11. The predicted molar refractivity (Wildman–Crippen MR) is 110 cm³/mol. The summed E-state index contributed by atoms with van der Waals surface area (Å²) < 4.78 is 42.5. The first-order valence-electron chi connectivity index (χ1n) is 9.13. The lowest BCUT2D eigenvalue weighted by Crippen LogP contribution is -2.23. The molecule has 0 bridgehead atoms. The van der Waals surface area contributed by atoms with E-state index in [2.05, 4.69) is 4.72 Å². The maximum Gasteiger partial charge on any atom is 0.338 e. The molecule has 0 aliphatic carbocycles. The number of carbonyl (C=O) groups is 1. The van der Waals surface area contributed by atoms with E-state index in [1.54, 1.807) is 38.1 Å². The number of esters is 1. The first kappa shape index (κ1) is 21.5. The first-order valence-corrected chi connectivity index (χ1v) is 10.6. The van der Waals surface area contributed by atoms with E-state index in [1.807, 2.05) is 0 Å². The van der Waals surface area contributed by atoms with Crippen LogP contribution in [0.4, 0.5) is 0 Å². The van der Waals surface area contributed by atoms with Crippen LogP contribution in [0.3, 0.4) is 0 Å². The molecule has 9 heteroatoms.